The van der Waals surface area contributed by atoms with Gasteiger partial charge < -0.3 is 15.4 Å². The maximum Gasteiger partial charge on any atom is 0.249 e. The molecule has 1 atom stereocenters. The van der Waals surface area contributed by atoms with Crippen LogP contribution in [-0.2, 0) is 16.0 Å². The predicted octanol–water partition coefficient (Wildman–Crippen LogP) is 3.52. The van der Waals surface area contributed by atoms with Crippen LogP contribution >= 0.6 is 11.6 Å². The van der Waals surface area contributed by atoms with Gasteiger partial charge in [-0.1, -0.05) is 41.9 Å². The summed E-state index contributed by atoms with van der Waals surface area (Å²) in [7, 11) is 0. The normalized spacial score (nSPS) is 16.6. The molecule has 1 aromatic heterocycles. The maximum atomic E-state index is 12.8. The van der Waals surface area contributed by atoms with Crippen molar-refractivity contribution in [1.82, 2.24) is 9.88 Å². The van der Waals surface area contributed by atoms with Crippen LogP contribution < -0.4 is 5.73 Å². The van der Waals surface area contributed by atoms with Crippen molar-refractivity contribution in [2.24, 2.45) is 5.73 Å². The first kappa shape index (κ1) is 20.3. The molecule has 2 aromatic carbocycles. The molecule has 0 aliphatic carbocycles. The Morgan fingerprint density at radius 2 is 2.00 bits per heavy atom. The van der Waals surface area contributed by atoms with Crippen molar-refractivity contribution >= 4 is 34.3 Å². The van der Waals surface area contributed by atoms with Crippen molar-refractivity contribution in [2.75, 3.05) is 19.7 Å². The molecule has 0 saturated carbocycles. The zero-order valence-electron chi connectivity index (χ0n) is 16.4. The summed E-state index contributed by atoms with van der Waals surface area (Å²) in [6.45, 7) is 1.33. The zero-order chi connectivity index (χ0) is 21.1. The number of carbonyl (C=O) groups excluding carboxylic acids is 2. The van der Waals surface area contributed by atoms with Crippen LogP contribution in [-0.4, -0.2) is 41.4 Å². The molecule has 7 heteroatoms. The van der Waals surface area contributed by atoms with Gasteiger partial charge in [0.2, 0.25) is 11.8 Å². The van der Waals surface area contributed by atoms with Crippen LogP contribution in [0, 0.1) is 0 Å². The number of morpholine rings is 1. The summed E-state index contributed by atoms with van der Waals surface area (Å²) in [6, 6.07) is 16.6. The van der Waals surface area contributed by atoms with E-state index in [1.807, 2.05) is 48.5 Å². The van der Waals surface area contributed by atoms with Gasteiger partial charge in [0.15, 0.2) is 0 Å². The molecule has 0 spiro atoms. The van der Waals surface area contributed by atoms with E-state index in [0.717, 1.165) is 5.56 Å². The van der Waals surface area contributed by atoms with E-state index in [1.165, 1.54) is 0 Å². The highest BCUT2D eigenvalue weighted by molar-refractivity contribution is 6.30. The average Bonchev–Trinajstić information content (AvgIpc) is 2.76. The zero-order valence-corrected chi connectivity index (χ0v) is 17.1. The number of ether oxygens (including phenoxy) is 1. The third-order valence-corrected chi connectivity index (χ3v) is 5.50. The van der Waals surface area contributed by atoms with Gasteiger partial charge in [0, 0.05) is 23.4 Å². The maximum absolute atomic E-state index is 12.8. The second-order valence-electron chi connectivity index (χ2n) is 7.31. The number of amides is 2. The Balaban J connectivity index is 1.49. The number of nitrogens with two attached hydrogens (primary N) is 1. The summed E-state index contributed by atoms with van der Waals surface area (Å²) >= 11 is 6.02. The van der Waals surface area contributed by atoms with E-state index < -0.39 is 12.0 Å². The van der Waals surface area contributed by atoms with E-state index in [9.17, 15) is 9.59 Å². The Morgan fingerprint density at radius 3 is 2.80 bits per heavy atom. The molecule has 2 N–H and O–H groups in total. The van der Waals surface area contributed by atoms with Gasteiger partial charge in [-0.05, 0) is 36.2 Å². The minimum absolute atomic E-state index is 0.0548. The number of aromatic nitrogens is 1. The summed E-state index contributed by atoms with van der Waals surface area (Å²) in [4.78, 5) is 31.2. The van der Waals surface area contributed by atoms with Gasteiger partial charge in [-0.25, -0.2) is 4.98 Å². The standard InChI is InChI=1S/C23H22ClN3O3/c24-16-5-3-4-15(12-16)8-9-22(28)27-10-11-30-21(14-27)20-13-18(23(25)29)17-6-1-2-7-19(17)26-20/h1-7,12-13,21H,8-11,14H2,(H2,25,29). The third kappa shape index (κ3) is 4.45. The van der Waals surface area contributed by atoms with Gasteiger partial charge in [0.05, 0.1) is 29.9 Å². The molecule has 1 aliphatic heterocycles. The Morgan fingerprint density at radius 1 is 1.17 bits per heavy atom. The number of nitrogens with zero attached hydrogens (tertiary/aromatic N) is 2. The molecule has 3 aromatic rings. The smallest absolute Gasteiger partial charge is 0.249 e. The van der Waals surface area contributed by atoms with E-state index >= 15 is 0 Å². The molecule has 0 radical (unpaired) electrons. The second kappa shape index (κ2) is 8.81. The molecule has 154 valence electrons. The molecule has 1 saturated heterocycles. The van der Waals surface area contributed by atoms with Crippen molar-refractivity contribution in [3.63, 3.8) is 0 Å². The number of rotatable bonds is 5. The number of benzene rings is 2. The van der Waals surface area contributed by atoms with Gasteiger partial charge >= 0.3 is 0 Å². The van der Waals surface area contributed by atoms with E-state index in [-0.39, 0.29) is 5.91 Å². The largest absolute Gasteiger partial charge is 0.368 e. The lowest BCUT2D eigenvalue weighted by molar-refractivity contribution is -0.139. The number of fused-ring (bicyclic) bond motifs is 1. The van der Waals surface area contributed by atoms with Crippen LogP contribution in [0.5, 0.6) is 0 Å². The highest BCUT2D eigenvalue weighted by atomic mass is 35.5. The van der Waals surface area contributed by atoms with Gasteiger partial charge in [0.1, 0.15) is 6.10 Å². The number of hydrogen-bond acceptors (Lipinski definition) is 4. The molecule has 6 nitrogen and oxygen atoms in total. The Hall–Kier alpha value is -2.96. The van der Waals surface area contributed by atoms with Crippen LogP contribution in [0.3, 0.4) is 0 Å². The van der Waals surface area contributed by atoms with Crippen molar-refractivity contribution in [3.05, 3.63) is 76.4 Å². The molecule has 1 unspecified atom stereocenters. The average molecular weight is 424 g/mol. The first-order chi connectivity index (χ1) is 14.5. The molecule has 30 heavy (non-hydrogen) atoms. The minimum Gasteiger partial charge on any atom is -0.368 e. The molecule has 2 amide bonds. The number of pyridine rings is 1. The van der Waals surface area contributed by atoms with Crippen molar-refractivity contribution in [2.45, 2.75) is 18.9 Å². The van der Waals surface area contributed by atoms with Gasteiger partial charge in [-0.2, -0.15) is 0 Å². The lowest BCUT2D eigenvalue weighted by atomic mass is 10.0. The molecular formula is C23H22ClN3O3. The lowest BCUT2D eigenvalue weighted by Crippen LogP contribution is -2.42. The highest BCUT2D eigenvalue weighted by Crippen LogP contribution is 2.26. The molecular weight excluding hydrogens is 402 g/mol. The predicted molar refractivity (Wildman–Crippen MR) is 115 cm³/mol. The molecule has 1 fully saturated rings. The fraction of sp³-hybridized carbons (Fsp3) is 0.261. The summed E-state index contributed by atoms with van der Waals surface area (Å²) in [5.41, 5.74) is 8.30. The second-order valence-corrected chi connectivity index (χ2v) is 7.74. The van der Waals surface area contributed by atoms with Crippen LogP contribution in [0.1, 0.15) is 34.1 Å². The van der Waals surface area contributed by atoms with Crippen molar-refractivity contribution in [3.8, 4) is 0 Å². The quantitative estimate of drug-likeness (QED) is 0.680. The number of hydrogen-bond donors (Lipinski definition) is 1. The third-order valence-electron chi connectivity index (χ3n) is 5.27. The molecule has 0 bridgehead atoms. The van der Waals surface area contributed by atoms with Crippen LogP contribution in [0.4, 0.5) is 0 Å². The highest BCUT2D eigenvalue weighted by Gasteiger charge is 2.27. The van der Waals surface area contributed by atoms with Crippen molar-refractivity contribution < 1.29 is 14.3 Å². The minimum atomic E-state index is -0.514. The Kier molecular flexibility index (Phi) is 5.97. The van der Waals surface area contributed by atoms with Crippen molar-refractivity contribution in [1.29, 1.82) is 0 Å². The number of primary amides is 1. The van der Waals surface area contributed by atoms with E-state index in [1.54, 1.807) is 11.0 Å². The Labute approximate surface area is 179 Å². The SMILES string of the molecule is NC(=O)c1cc(C2CN(C(=O)CCc3cccc(Cl)c3)CCO2)nc2ccccc12. The Bertz CT molecular complexity index is 1100. The van der Waals surface area contributed by atoms with E-state index in [2.05, 4.69) is 4.98 Å². The van der Waals surface area contributed by atoms with Gasteiger partial charge in [-0.15, -0.1) is 0 Å². The molecule has 4 rings (SSSR count). The number of halogens is 1. The van der Waals surface area contributed by atoms with Crippen LogP contribution in [0.15, 0.2) is 54.6 Å². The van der Waals surface area contributed by atoms with Crippen LogP contribution in [0.25, 0.3) is 10.9 Å². The monoisotopic (exact) mass is 423 g/mol. The summed E-state index contributed by atoms with van der Waals surface area (Å²) in [6.07, 6.45) is 0.614. The summed E-state index contributed by atoms with van der Waals surface area (Å²) in [5.74, 6) is -0.459. The molecule has 1 aliphatic rings. The van der Waals surface area contributed by atoms with E-state index in [0.29, 0.717) is 59.7 Å². The lowest BCUT2D eigenvalue weighted by Gasteiger charge is -2.33. The fourth-order valence-corrected chi connectivity index (χ4v) is 3.93. The number of aryl methyl sites for hydroxylation is 1. The molecule has 2 heterocycles. The van der Waals surface area contributed by atoms with Gasteiger partial charge in [0.25, 0.3) is 0 Å². The fourth-order valence-electron chi connectivity index (χ4n) is 3.72. The van der Waals surface area contributed by atoms with E-state index in [4.69, 9.17) is 22.1 Å². The first-order valence-electron chi connectivity index (χ1n) is 9.84. The number of para-hydroxylation sites is 1. The summed E-state index contributed by atoms with van der Waals surface area (Å²) in [5, 5.41) is 1.37. The number of carbonyl (C=O) groups is 2. The topological polar surface area (TPSA) is 85.5 Å². The first-order valence-corrected chi connectivity index (χ1v) is 10.2. The van der Waals surface area contributed by atoms with Crippen LogP contribution in [0.2, 0.25) is 5.02 Å². The summed E-state index contributed by atoms with van der Waals surface area (Å²) < 4.78 is 5.88. The van der Waals surface area contributed by atoms with Gasteiger partial charge in [-0.3, -0.25) is 9.59 Å².